The van der Waals surface area contributed by atoms with Gasteiger partial charge in [0.1, 0.15) is 18.1 Å². The first kappa shape index (κ1) is 29.4. The van der Waals surface area contributed by atoms with Gasteiger partial charge in [0.05, 0.1) is 17.7 Å². The fraction of sp³-hybridized carbons (Fsp3) is 0.207. The maximum absolute atomic E-state index is 12.5. The molecule has 2 amide bonds. The molecule has 0 atom stereocenters. The summed E-state index contributed by atoms with van der Waals surface area (Å²) in [5, 5.41) is 15.4. The quantitative estimate of drug-likeness (QED) is 0.135. The number of nitro groups is 1. The maximum atomic E-state index is 12.5. The number of amides is 2. The minimum atomic E-state index is -0.805. The van der Waals surface area contributed by atoms with Gasteiger partial charge < -0.3 is 28.9 Å². The molecule has 0 bridgehead atoms. The number of carbonyl (C=O) groups excluding carboxylic acids is 2. The van der Waals surface area contributed by atoms with Crippen molar-refractivity contribution in [1.82, 2.24) is 9.99 Å². The summed E-state index contributed by atoms with van der Waals surface area (Å²) in [5.74, 6) is -0.611. The Kier molecular flexibility index (Phi) is 9.22. The fourth-order valence-electron chi connectivity index (χ4n) is 4.09. The fourth-order valence-corrected chi connectivity index (χ4v) is 4.09. The first-order chi connectivity index (χ1) is 20.2. The van der Waals surface area contributed by atoms with Crippen molar-refractivity contribution >= 4 is 23.7 Å². The lowest BCUT2D eigenvalue weighted by molar-refractivity contribution is -0.385. The van der Waals surface area contributed by atoms with Crippen LogP contribution in [0.1, 0.15) is 40.2 Å². The van der Waals surface area contributed by atoms with Crippen LogP contribution in [0, 0.1) is 24.0 Å². The Morgan fingerprint density at radius 1 is 1.05 bits per heavy atom. The van der Waals surface area contributed by atoms with Crippen LogP contribution in [0.5, 0.6) is 17.2 Å². The van der Waals surface area contributed by atoms with E-state index < -0.39 is 29.0 Å². The number of furan rings is 1. The lowest BCUT2D eigenvalue weighted by Gasteiger charge is -2.12. The van der Waals surface area contributed by atoms with E-state index >= 15 is 0 Å². The third-order valence-electron chi connectivity index (χ3n) is 5.93. The van der Waals surface area contributed by atoms with Gasteiger partial charge >= 0.3 is 11.6 Å². The van der Waals surface area contributed by atoms with Gasteiger partial charge in [0.25, 0.3) is 5.91 Å². The highest BCUT2D eigenvalue weighted by molar-refractivity contribution is 5.92. The van der Waals surface area contributed by atoms with Crippen LogP contribution in [0.3, 0.4) is 0 Å². The van der Waals surface area contributed by atoms with Crippen molar-refractivity contribution in [3.8, 4) is 22.9 Å². The number of carbonyl (C=O) groups is 2. The minimum Gasteiger partial charge on any atom is -0.490 e. The van der Waals surface area contributed by atoms with E-state index in [1.165, 1.54) is 18.3 Å². The second-order valence-corrected chi connectivity index (χ2v) is 9.01. The van der Waals surface area contributed by atoms with E-state index in [4.69, 9.17) is 24.4 Å². The number of nitrogens with zero attached hydrogens (tertiary/aromatic N) is 3. The molecule has 13 nitrogen and oxygen atoms in total. The van der Waals surface area contributed by atoms with Crippen molar-refractivity contribution in [3.63, 3.8) is 0 Å². The number of ether oxygens (including phenoxy) is 3. The Balaban J connectivity index is 1.37. The number of benzene rings is 2. The highest BCUT2D eigenvalue weighted by atomic mass is 16.6. The van der Waals surface area contributed by atoms with Gasteiger partial charge in [-0.25, -0.2) is 5.43 Å². The molecule has 4 aromatic rings. The molecule has 2 heterocycles. The van der Waals surface area contributed by atoms with Gasteiger partial charge in [0, 0.05) is 28.7 Å². The van der Waals surface area contributed by atoms with E-state index in [0.717, 1.165) is 23.1 Å². The summed E-state index contributed by atoms with van der Waals surface area (Å²) in [7, 11) is 0. The summed E-state index contributed by atoms with van der Waals surface area (Å²) in [6, 6.07) is 17.4. The average molecular weight is 576 g/mol. The molecule has 2 aromatic carbocycles. The second-order valence-electron chi connectivity index (χ2n) is 9.01. The third-order valence-corrected chi connectivity index (χ3v) is 5.93. The van der Waals surface area contributed by atoms with Gasteiger partial charge in [0.2, 0.25) is 5.75 Å². The minimum absolute atomic E-state index is 0.00385. The smallest absolute Gasteiger partial charge is 0.315 e. The molecular weight excluding hydrogens is 546 g/mol. The number of nitrogens with one attached hydrogen (secondary N) is 1. The summed E-state index contributed by atoms with van der Waals surface area (Å²) in [5.41, 5.74) is 10.5. The summed E-state index contributed by atoms with van der Waals surface area (Å²) in [4.78, 5) is 34.5. The second kappa shape index (κ2) is 13.2. The molecule has 0 aliphatic heterocycles. The van der Waals surface area contributed by atoms with Crippen LogP contribution in [-0.2, 0) is 11.4 Å². The topological polar surface area (TPSA) is 173 Å². The van der Waals surface area contributed by atoms with Crippen molar-refractivity contribution in [2.75, 3.05) is 13.2 Å². The summed E-state index contributed by atoms with van der Waals surface area (Å²) >= 11 is 0. The maximum Gasteiger partial charge on any atom is 0.315 e. The standard InChI is InChI=1S/C29H29N5O8/c1-4-39-26-14-20(13-24(34(37)38)28(26)41-17-27(30)35)15-31-32-29(36)25-12-11-23(42-25)16-40-22-9-7-21(8-10-22)33-18(2)5-6-19(33)3/h5-15H,4,16-17H2,1-3H3,(H2,30,35)(H,32,36)/b31-15+. The molecule has 0 fully saturated rings. The van der Waals surface area contributed by atoms with E-state index in [2.05, 4.69) is 27.2 Å². The average Bonchev–Trinajstić information content (AvgIpc) is 3.57. The Hall–Kier alpha value is -5.59. The van der Waals surface area contributed by atoms with Crippen LogP contribution >= 0.6 is 0 Å². The normalized spacial score (nSPS) is 10.9. The van der Waals surface area contributed by atoms with Gasteiger partial charge in [-0.1, -0.05) is 0 Å². The number of rotatable bonds is 13. The van der Waals surface area contributed by atoms with E-state index in [0.29, 0.717) is 11.5 Å². The number of aryl methyl sites for hydroxylation is 2. The summed E-state index contributed by atoms with van der Waals surface area (Å²) in [6.07, 6.45) is 1.19. The number of hydrogen-bond acceptors (Lipinski definition) is 9. The molecule has 4 rings (SSSR count). The van der Waals surface area contributed by atoms with Gasteiger partial charge in [-0.05, 0) is 75.4 Å². The number of nitro benzene ring substituents is 1. The SMILES string of the molecule is CCOc1cc(/C=N/NC(=O)c2ccc(COc3ccc(-n4c(C)ccc4C)cc3)o2)cc([N+](=O)[O-])c1OCC(N)=O. The van der Waals surface area contributed by atoms with Gasteiger partial charge in [-0.2, -0.15) is 5.10 Å². The van der Waals surface area contributed by atoms with E-state index in [1.54, 1.807) is 13.0 Å². The third kappa shape index (κ3) is 7.13. The zero-order chi connectivity index (χ0) is 30.2. The molecule has 3 N–H and O–H groups in total. The number of hydrogen-bond donors (Lipinski definition) is 2. The van der Waals surface area contributed by atoms with Crippen LogP contribution in [0.25, 0.3) is 5.69 Å². The number of hydrazone groups is 1. The molecule has 0 radical (unpaired) electrons. The highest BCUT2D eigenvalue weighted by Crippen LogP contribution is 2.38. The van der Waals surface area contributed by atoms with Crippen molar-refractivity contribution in [3.05, 3.63) is 99.2 Å². The van der Waals surface area contributed by atoms with E-state index in [1.807, 2.05) is 38.1 Å². The van der Waals surface area contributed by atoms with Gasteiger partial charge in [-0.3, -0.25) is 19.7 Å². The van der Waals surface area contributed by atoms with Crippen LogP contribution in [0.2, 0.25) is 0 Å². The van der Waals surface area contributed by atoms with Crippen LogP contribution in [0.15, 0.2) is 70.2 Å². The molecule has 0 aliphatic rings. The lowest BCUT2D eigenvalue weighted by atomic mass is 10.2. The van der Waals surface area contributed by atoms with Crippen molar-refractivity contribution in [2.24, 2.45) is 10.8 Å². The van der Waals surface area contributed by atoms with Crippen molar-refractivity contribution < 1.29 is 33.1 Å². The Bertz CT molecular complexity index is 1600. The Labute approximate surface area is 240 Å². The predicted octanol–water partition coefficient (Wildman–Crippen LogP) is 4.20. The largest absolute Gasteiger partial charge is 0.490 e. The molecule has 218 valence electrons. The lowest BCUT2D eigenvalue weighted by Crippen LogP contribution is -2.20. The first-order valence-corrected chi connectivity index (χ1v) is 12.8. The number of nitrogens with two attached hydrogens (primary N) is 1. The molecule has 13 heteroatoms. The van der Waals surface area contributed by atoms with Crippen LogP contribution < -0.4 is 25.4 Å². The molecule has 42 heavy (non-hydrogen) atoms. The molecule has 0 saturated heterocycles. The first-order valence-electron chi connectivity index (χ1n) is 12.8. The summed E-state index contributed by atoms with van der Waals surface area (Å²) < 4.78 is 24.1. The van der Waals surface area contributed by atoms with Crippen molar-refractivity contribution in [1.29, 1.82) is 0 Å². The molecule has 0 unspecified atom stereocenters. The zero-order valence-electron chi connectivity index (χ0n) is 23.2. The Morgan fingerprint density at radius 2 is 1.76 bits per heavy atom. The molecule has 0 aliphatic carbocycles. The number of primary amides is 1. The monoisotopic (exact) mass is 575 g/mol. The van der Waals surface area contributed by atoms with E-state index in [9.17, 15) is 19.7 Å². The van der Waals surface area contributed by atoms with Crippen LogP contribution in [0.4, 0.5) is 5.69 Å². The van der Waals surface area contributed by atoms with Gasteiger partial charge in [0.15, 0.2) is 18.1 Å². The zero-order valence-corrected chi connectivity index (χ0v) is 23.2. The van der Waals surface area contributed by atoms with Crippen molar-refractivity contribution in [2.45, 2.75) is 27.4 Å². The number of aromatic nitrogens is 1. The van der Waals surface area contributed by atoms with Crippen LogP contribution in [-0.4, -0.2) is 40.7 Å². The van der Waals surface area contributed by atoms with E-state index in [-0.39, 0.29) is 36.0 Å². The summed E-state index contributed by atoms with van der Waals surface area (Å²) in [6.45, 7) is 5.47. The Morgan fingerprint density at radius 3 is 2.40 bits per heavy atom. The molecular formula is C29H29N5O8. The predicted molar refractivity (Wildman–Crippen MR) is 152 cm³/mol. The van der Waals surface area contributed by atoms with Gasteiger partial charge in [-0.15, -0.1) is 0 Å². The molecule has 0 saturated carbocycles. The highest BCUT2D eigenvalue weighted by Gasteiger charge is 2.23. The molecule has 0 spiro atoms. The molecule has 2 aromatic heterocycles.